The molecule has 1 aromatic heterocycles. The van der Waals surface area contributed by atoms with Gasteiger partial charge in [0.15, 0.2) is 17.3 Å². The number of aromatic nitrogens is 2. The lowest BCUT2D eigenvalue weighted by molar-refractivity contribution is 0.0696. The molecule has 40 heavy (non-hydrogen) atoms. The zero-order valence-corrected chi connectivity index (χ0v) is 22.2. The molecular formula is C31H24ClN3O5. The van der Waals surface area contributed by atoms with Crippen LogP contribution >= 0.6 is 11.6 Å². The number of hydrogen-bond donors (Lipinski definition) is 1. The maximum atomic E-state index is 13.4. The summed E-state index contributed by atoms with van der Waals surface area (Å²) in [5, 5.41) is 14.5. The van der Waals surface area contributed by atoms with Gasteiger partial charge in [-0.25, -0.2) is 9.78 Å². The van der Waals surface area contributed by atoms with E-state index in [0.717, 1.165) is 5.56 Å². The molecule has 0 saturated carbocycles. The molecule has 8 nitrogen and oxygen atoms in total. The second-order valence-corrected chi connectivity index (χ2v) is 9.14. The summed E-state index contributed by atoms with van der Waals surface area (Å²) in [6.45, 7) is 2.28. The molecule has 0 aliphatic heterocycles. The van der Waals surface area contributed by atoms with Crippen LogP contribution in [0, 0.1) is 0 Å². The number of hydrogen-bond acceptors (Lipinski definition) is 6. The third-order valence-electron chi connectivity index (χ3n) is 6.00. The Morgan fingerprint density at radius 2 is 1.77 bits per heavy atom. The van der Waals surface area contributed by atoms with Crippen molar-refractivity contribution in [2.24, 2.45) is 5.10 Å². The van der Waals surface area contributed by atoms with Crippen LogP contribution < -0.4 is 15.0 Å². The highest BCUT2D eigenvalue weighted by atomic mass is 35.5. The van der Waals surface area contributed by atoms with Crippen molar-refractivity contribution in [2.45, 2.75) is 13.5 Å². The van der Waals surface area contributed by atoms with Gasteiger partial charge >= 0.3 is 5.97 Å². The van der Waals surface area contributed by atoms with Gasteiger partial charge in [-0.05, 0) is 54.4 Å². The first-order chi connectivity index (χ1) is 19.4. The van der Waals surface area contributed by atoms with Crippen LogP contribution in [0.25, 0.3) is 22.3 Å². The van der Waals surface area contributed by atoms with Crippen LogP contribution in [0.1, 0.15) is 28.4 Å². The van der Waals surface area contributed by atoms with Gasteiger partial charge in [0.2, 0.25) is 0 Å². The molecule has 0 atom stereocenters. The van der Waals surface area contributed by atoms with Gasteiger partial charge in [0, 0.05) is 5.56 Å². The largest absolute Gasteiger partial charge is 0.490 e. The van der Waals surface area contributed by atoms with Crippen molar-refractivity contribution >= 4 is 34.7 Å². The number of carbonyl (C=O) groups is 1. The Balaban J connectivity index is 1.50. The monoisotopic (exact) mass is 553 g/mol. The normalized spacial score (nSPS) is 11.2. The van der Waals surface area contributed by atoms with Crippen molar-refractivity contribution in [3.63, 3.8) is 0 Å². The molecule has 0 saturated heterocycles. The van der Waals surface area contributed by atoms with E-state index in [1.807, 2.05) is 43.3 Å². The molecule has 200 valence electrons. The van der Waals surface area contributed by atoms with Crippen LogP contribution in [0.2, 0.25) is 5.02 Å². The van der Waals surface area contributed by atoms with E-state index >= 15 is 0 Å². The first-order valence-corrected chi connectivity index (χ1v) is 12.9. The maximum absolute atomic E-state index is 13.4. The summed E-state index contributed by atoms with van der Waals surface area (Å²) < 4.78 is 13.0. The third kappa shape index (κ3) is 5.72. The number of carboxylic acids is 1. The lowest BCUT2D eigenvalue weighted by atomic mass is 10.1. The molecule has 0 amide bonds. The molecule has 0 spiro atoms. The van der Waals surface area contributed by atoms with Crippen molar-refractivity contribution < 1.29 is 19.4 Å². The number of rotatable bonds is 9. The smallest absolute Gasteiger partial charge is 0.335 e. The summed E-state index contributed by atoms with van der Waals surface area (Å²) in [4.78, 5) is 29.4. The fourth-order valence-electron chi connectivity index (χ4n) is 4.14. The van der Waals surface area contributed by atoms with E-state index < -0.39 is 5.97 Å². The van der Waals surface area contributed by atoms with Gasteiger partial charge in [-0.15, -0.1) is 0 Å². The summed E-state index contributed by atoms with van der Waals surface area (Å²) in [6.07, 6.45) is 1.51. The molecule has 4 aromatic carbocycles. The molecule has 0 radical (unpaired) electrons. The second kappa shape index (κ2) is 11.8. The molecule has 1 N–H and O–H groups in total. The predicted octanol–water partition coefficient (Wildman–Crippen LogP) is 6.28. The molecule has 9 heteroatoms. The van der Waals surface area contributed by atoms with Crippen molar-refractivity contribution in [2.75, 3.05) is 6.61 Å². The van der Waals surface area contributed by atoms with Gasteiger partial charge < -0.3 is 14.6 Å². The number of carboxylic acid groups (broad SMARTS) is 1. The van der Waals surface area contributed by atoms with Gasteiger partial charge in [-0.2, -0.15) is 9.78 Å². The van der Waals surface area contributed by atoms with Crippen molar-refractivity contribution in [3.8, 4) is 22.9 Å². The third-order valence-corrected chi connectivity index (χ3v) is 6.28. The minimum absolute atomic E-state index is 0.0902. The van der Waals surface area contributed by atoms with Crippen LogP contribution in [0.5, 0.6) is 11.5 Å². The highest BCUT2D eigenvalue weighted by molar-refractivity contribution is 6.32. The first kappa shape index (κ1) is 26.6. The van der Waals surface area contributed by atoms with Gasteiger partial charge in [0.05, 0.1) is 34.3 Å². The fourth-order valence-corrected chi connectivity index (χ4v) is 4.42. The van der Waals surface area contributed by atoms with Crippen LogP contribution in [-0.4, -0.2) is 33.6 Å². The summed E-state index contributed by atoms with van der Waals surface area (Å²) in [6, 6.07) is 26.3. The Bertz CT molecular complexity index is 1780. The number of halogens is 1. The maximum Gasteiger partial charge on any atom is 0.335 e. The van der Waals surface area contributed by atoms with Crippen LogP contribution in [0.4, 0.5) is 0 Å². The van der Waals surface area contributed by atoms with E-state index in [4.69, 9.17) is 26.1 Å². The number of aromatic carboxylic acids is 1. The number of fused-ring (bicyclic) bond motifs is 1. The number of nitrogens with zero attached hydrogens (tertiary/aromatic N) is 3. The van der Waals surface area contributed by atoms with E-state index in [1.54, 1.807) is 42.5 Å². The number of ether oxygens (including phenoxy) is 2. The molecule has 5 aromatic rings. The van der Waals surface area contributed by atoms with Crippen molar-refractivity contribution in [1.82, 2.24) is 9.66 Å². The Kier molecular flexibility index (Phi) is 7.89. The lowest BCUT2D eigenvalue weighted by Crippen LogP contribution is -2.20. The number of benzene rings is 4. The SMILES string of the molecule is CCOc1cc(C=Nn2c(-c3ccccc3)nc3ccccc3c2=O)cc(Cl)c1OCc1cccc(C(=O)O)c1. The molecule has 0 fully saturated rings. The standard InChI is InChI=1S/C31H24ClN3O5/c1-2-39-27-17-21(16-25(32)28(27)40-19-20-9-8-12-23(15-20)31(37)38)18-33-35-29(22-10-4-3-5-11-22)34-26-14-7-6-13-24(26)30(35)36/h3-18H,2,19H2,1H3,(H,37,38). The Labute approximate surface area is 234 Å². The second-order valence-electron chi connectivity index (χ2n) is 8.74. The van der Waals surface area contributed by atoms with E-state index in [-0.39, 0.29) is 22.8 Å². The predicted molar refractivity (Wildman–Crippen MR) is 155 cm³/mol. The van der Waals surface area contributed by atoms with Crippen LogP contribution in [-0.2, 0) is 6.61 Å². The van der Waals surface area contributed by atoms with Gasteiger partial charge in [0.1, 0.15) is 6.61 Å². The minimum atomic E-state index is -1.02. The summed E-state index contributed by atoms with van der Waals surface area (Å²) in [7, 11) is 0. The zero-order chi connectivity index (χ0) is 28.1. The highest BCUT2D eigenvalue weighted by Gasteiger charge is 2.15. The molecule has 0 aliphatic carbocycles. The highest BCUT2D eigenvalue weighted by Crippen LogP contribution is 2.37. The summed E-state index contributed by atoms with van der Waals surface area (Å²) >= 11 is 6.59. The molecule has 0 aliphatic rings. The molecule has 0 unspecified atom stereocenters. The van der Waals surface area contributed by atoms with E-state index in [9.17, 15) is 14.7 Å². The Morgan fingerprint density at radius 1 is 1.00 bits per heavy atom. The average Bonchev–Trinajstić information content (AvgIpc) is 2.97. The van der Waals surface area contributed by atoms with Gasteiger partial charge in [-0.3, -0.25) is 4.79 Å². The zero-order valence-electron chi connectivity index (χ0n) is 21.5. The average molecular weight is 554 g/mol. The summed E-state index contributed by atoms with van der Waals surface area (Å²) in [5.74, 6) is 0.0870. The van der Waals surface area contributed by atoms with E-state index in [1.165, 1.54) is 23.0 Å². The Morgan fingerprint density at radius 3 is 2.55 bits per heavy atom. The molecule has 1 heterocycles. The molecular weight excluding hydrogens is 530 g/mol. The van der Waals surface area contributed by atoms with Crippen LogP contribution in [0.3, 0.4) is 0 Å². The topological polar surface area (TPSA) is 103 Å². The molecule has 5 rings (SSSR count). The van der Waals surface area contributed by atoms with E-state index in [0.29, 0.717) is 46.0 Å². The van der Waals surface area contributed by atoms with E-state index in [2.05, 4.69) is 5.10 Å². The quantitative estimate of drug-likeness (QED) is 0.216. The van der Waals surface area contributed by atoms with Crippen LogP contribution in [0.15, 0.2) is 101 Å². The first-order valence-electron chi connectivity index (χ1n) is 12.5. The van der Waals surface area contributed by atoms with Gasteiger partial charge in [0.25, 0.3) is 5.56 Å². The summed E-state index contributed by atoms with van der Waals surface area (Å²) in [5.41, 5.74) is 2.42. The molecule has 0 bridgehead atoms. The minimum Gasteiger partial charge on any atom is -0.490 e. The lowest BCUT2D eigenvalue weighted by Gasteiger charge is -2.15. The van der Waals surface area contributed by atoms with Gasteiger partial charge in [-0.1, -0.05) is 66.2 Å². The Hall–Kier alpha value is -4.95. The fraction of sp³-hybridized carbons (Fsp3) is 0.0968. The number of para-hydroxylation sites is 1. The van der Waals surface area contributed by atoms with Crippen molar-refractivity contribution in [1.29, 1.82) is 0 Å². The van der Waals surface area contributed by atoms with Crippen molar-refractivity contribution in [3.05, 3.63) is 123 Å².